The number of hydrogen-bond donors (Lipinski definition) is 0. The minimum absolute atomic E-state index is 0.494. The van der Waals surface area contributed by atoms with Crippen molar-refractivity contribution in [2.24, 2.45) is 0 Å². The van der Waals surface area contributed by atoms with Crippen molar-refractivity contribution in [3.05, 3.63) is 61.2 Å². The summed E-state index contributed by atoms with van der Waals surface area (Å²) in [6, 6.07) is 15.9. The van der Waals surface area contributed by atoms with Gasteiger partial charge in [-0.2, -0.15) is 0 Å². The van der Waals surface area contributed by atoms with Gasteiger partial charge in [-0.25, -0.2) is 0 Å². The summed E-state index contributed by atoms with van der Waals surface area (Å²) in [5, 5.41) is 0. The van der Waals surface area contributed by atoms with E-state index >= 15 is 0 Å². The van der Waals surface area contributed by atoms with Crippen LogP contribution in [0.5, 0.6) is 11.5 Å². The number of halogens is 1. The lowest BCUT2D eigenvalue weighted by Crippen LogP contribution is -1.97. The Labute approximate surface area is 124 Å². The van der Waals surface area contributed by atoms with E-state index in [-0.39, 0.29) is 0 Å². The van der Waals surface area contributed by atoms with E-state index in [0.29, 0.717) is 19.1 Å². The SMILES string of the molecule is C=CCOc1ccc(-c2ccc(OCCCl)cc2)cc1. The Bertz CT molecular complexity index is 532. The molecule has 0 aromatic heterocycles. The highest BCUT2D eigenvalue weighted by atomic mass is 35.5. The summed E-state index contributed by atoms with van der Waals surface area (Å²) in [5.74, 6) is 2.17. The number of alkyl halides is 1. The highest BCUT2D eigenvalue weighted by molar-refractivity contribution is 6.18. The predicted molar refractivity (Wildman–Crippen MR) is 83.8 cm³/mol. The minimum atomic E-state index is 0.494. The first-order valence-electron chi connectivity index (χ1n) is 6.46. The molecule has 0 heterocycles. The first-order valence-corrected chi connectivity index (χ1v) is 7.00. The molecule has 0 saturated carbocycles. The van der Waals surface area contributed by atoms with Crippen LogP contribution >= 0.6 is 11.6 Å². The second kappa shape index (κ2) is 7.61. The molecule has 2 aromatic carbocycles. The van der Waals surface area contributed by atoms with Gasteiger partial charge in [-0.05, 0) is 35.4 Å². The maximum atomic E-state index is 5.59. The van der Waals surface area contributed by atoms with Gasteiger partial charge in [-0.1, -0.05) is 36.9 Å². The van der Waals surface area contributed by atoms with Gasteiger partial charge in [0.1, 0.15) is 24.7 Å². The molecule has 20 heavy (non-hydrogen) atoms. The molecule has 3 heteroatoms. The van der Waals surface area contributed by atoms with Crippen LogP contribution in [0.2, 0.25) is 0 Å². The Hall–Kier alpha value is -1.93. The summed E-state index contributed by atoms with van der Waals surface area (Å²) in [4.78, 5) is 0. The van der Waals surface area contributed by atoms with Crippen LogP contribution in [0.1, 0.15) is 0 Å². The van der Waals surface area contributed by atoms with Gasteiger partial charge in [-0.15, -0.1) is 11.6 Å². The van der Waals surface area contributed by atoms with E-state index in [4.69, 9.17) is 21.1 Å². The van der Waals surface area contributed by atoms with Crippen molar-refractivity contribution in [2.45, 2.75) is 0 Å². The van der Waals surface area contributed by atoms with E-state index in [0.717, 1.165) is 22.6 Å². The molecule has 0 saturated heterocycles. The summed E-state index contributed by atoms with van der Waals surface area (Å²) >= 11 is 5.59. The first-order chi connectivity index (χ1) is 9.83. The third-order valence-corrected chi connectivity index (χ3v) is 2.91. The van der Waals surface area contributed by atoms with E-state index in [1.165, 1.54) is 0 Å². The monoisotopic (exact) mass is 288 g/mol. The lowest BCUT2D eigenvalue weighted by Gasteiger charge is -2.07. The molecule has 0 aliphatic rings. The standard InChI is InChI=1S/C17H17ClO2/c1-2-12-19-16-7-3-14(4-8-16)15-5-9-17(10-6-15)20-13-11-18/h2-10H,1,11-13H2. The molecule has 0 radical (unpaired) electrons. The molecule has 2 aromatic rings. The minimum Gasteiger partial charge on any atom is -0.492 e. The molecular formula is C17H17ClO2. The van der Waals surface area contributed by atoms with Gasteiger partial charge in [-0.3, -0.25) is 0 Å². The van der Waals surface area contributed by atoms with Crippen LogP contribution in [0, 0.1) is 0 Å². The van der Waals surface area contributed by atoms with Gasteiger partial charge >= 0.3 is 0 Å². The van der Waals surface area contributed by atoms with Crippen molar-refractivity contribution in [1.29, 1.82) is 0 Å². The zero-order chi connectivity index (χ0) is 14.2. The van der Waals surface area contributed by atoms with Gasteiger partial charge in [0.05, 0.1) is 5.88 Å². The number of hydrogen-bond acceptors (Lipinski definition) is 2. The topological polar surface area (TPSA) is 18.5 Å². The second-order valence-electron chi connectivity index (χ2n) is 4.19. The molecule has 0 aliphatic carbocycles. The summed E-state index contributed by atoms with van der Waals surface area (Å²) in [6.45, 7) is 4.67. The summed E-state index contributed by atoms with van der Waals surface area (Å²) in [5.41, 5.74) is 2.28. The number of rotatable bonds is 7. The van der Waals surface area contributed by atoms with Crippen molar-refractivity contribution >= 4 is 11.6 Å². The highest BCUT2D eigenvalue weighted by Crippen LogP contribution is 2.24. The van der Waals surface area contributed by atoms with Gasteiger partial charge in [0.25, 0.3) is 0 Å². The molecule has 0 bridgehead atoms. The quantitative estimate of drug-likeness (QED) is 0.550. The van der Waals surface area contributed by atoms with Crippen LogP contribution in [-0.2, 0) is 0 Å². The van der Waals surface area contributed by atoms with Crippen LogP contribution in [-0.4, -0.2) is 19.1 Å². The van der Waals surface area contributed by atoms with Crippen LogP contribution in [0.3, 0.4) is 0 Å². The Morgan fingerprint density at radius 1 is 0.850 bits per heavy atom. The Morgan fingerprint density at radius 2 is 1.35 bits per heavy atom. The van der Waals surface area contributed by atoms with Gasteiger partial charge in [0.15, 0.2) is 0 Å². The largest absolute Gasteiger partial charge is 0.492 e. The predicted octanol–water partition coefficient (Wildman–Crippen LogP) is 4.54. The zero-order valence-corrected chi connectivity index (χ0v) is 12.0. The van der Waals surface area contributed by atoms with Crippen molar-refractivity contribution in [3.8, 4) is 22.6 Å². The molecular weight excluding hydrogens is 272 g/mol. The number of ether oxygens (including phenoxy) is 2. The lowest BCUT2D eigenvalue weighted by molar-refractivity contribution is 0.343. The number of benzene rings is 2. The van der Waals surface area contributed by atoms with Crippen LogP contribution < -0.4 is 9.47 Å². The van der Waals surface area contributed by atoms with E-state index in [1.54, 1.807) is 6.08 Å². The smallest absolute Gasteiger partial charge is 0.119 e. The molecule has 0 fully saturated rings. The molecule has 2 nitrogen and oxygen atoms in total. The van der Waals surface area contributed by atoms with E-state index in [1.807, 2.05) is 48.5 Å². The van der Waals surface area contributed by atoms with E-state index < -0.39 is 0 Å². The fourth-order valence-electron chi connectivity index (χ4n) is 1.80. The normalized spacial score (nSPS) is 10.1. The highest BCUT2D eigenvalue weighted by Gasteiger charge is 2.00. The zero-order valence-electron chi connectivity index (χ0n) is 11.2. The molecule has 104 valence electrons. The summed E-state index contributed by atoms with van der Waals surface area (Å²) < 4.78 is 10.9. The van der Waals surface area contributed by atoms with Gasteiger partial charge < -0.3 is 9.47 Å². The first kappa shape index (κ1) is 14.5. The maximum Gasteiger partial charge on any atom is 0.119 e. The lowest BCUT2D eigenvalue weighted by atomic mass is 10.1. The average molecular weight is 289 g/mol. The Kier molecular flexibility index (Phi) is 5.51. The maximum absolute atomic E-state index is 5.59. The molecule has 0 N–H and O–H groups in total. The third kappa shape index (κ3) is 4.04. The fourth-order valence-corrected chi connectivity index (χ4v) is 1.88. The van der Waals surface area contributed by atoms with Crippen molar-refractivity contribution in [1.82, 2.24) is 0 Å². The Balaban J connectivity index is 2.05. The molecule has 0 amide bonds. The second-order valence-corrected chi connectivity index (χ2v) is 4.56. The molecule has 0 spiro atoms. The van der Waals surface area contributed by atoms with Crippen molar-refractivity contribution < 1.29 is 9.47 Å². The Morgan fingerprint density at radius 3 is 1.80 bits per heavy atom. The molecule has 2 rings (SSSR count). The van der Waals surface area contributed by atoms with E-state index in [9.17, 15) is 0 Å². The van der Waals surface area contributed by atoms with Crippen LogP contribution in [0.4, 0.5) is 0 Å². The van der Waals surface area contributed by atoms with Gasteiger partial charge in [0, 0.05) is 0 Å². The van der Waals surface area contributed by atoms with Crippen LogP contribution in [0.15, 0.2) is 61.2 Å². The third-order valence-electron chi connectivity index (χ3n) is 2.76. The fraction of sp³-hybridized carbons (Fsp3) is 0.176. The molecule has 0 aliphatic heterocycles. The average Bonchev–Trinajstić information content (AvgIpc) is 2.52. The van der Waals surface area contributed by atoms with Crippen molar-refractivity contribution in [3.63, 3.8) is 0 Å². The molecule has 0 unspecified atom stereocenters. The van der Waals surface area contributed by atoms with Crippen LogP contribution in [0.25, 0.3) is 11.1 Å². The molecule has 0 atom stereocenters. The van der Waals surface area contributed by atoms with Crippen molar-refractivity contribution in [2.75, 3.05) is 19.1 Å². The van der Waals surface area contributed by atoms with E-state index in [2.05, 4.69) is 6.58 Å². The summed E-state index contributed by atoms with van der Waals surface area (Å²) in [7, 11) is 0. The summed E-state index contributed by atoms with van der Waals surface area (Å²) in [6.07, 6.45) is 1.73. The van der Waals surface area contributed by atoms with Gasteiger partial charge in [0.2, 0.25) is 0 Å².